The molecule has 2 aliphatic rings. The van der Waals surface area contributed by atoms with Crippen LogP contribution >= 0.6 is 15.9 Å². The number of carboxylic acid groups (broad SMARTS) is 1. The lowest BCUT2D eigenvalue weighted by Crippen LogP contribution is -2.32. The number of halogens is 2. The number of carbonyl (C=O) groups is 2. The molecule has 20 heavy (non-hydrogen) atoms. The molecule has 1 aliphatic carbocycles. The van der Waals surface area contributed by atoms with Crippen molar-refractivity contribution in [2.45, 2.75) is 31.3 Å². The van der Waals surface area contributed by atoms with Gasteiger partial charge in [-0.25, -0.2) is 4.39 Å². The van der Waals surface area contributed by atoms with E-state index in [1.807, 2.05) is 0 Å². The summed E-state index contributed by atoms with van der Waals surface area (Å²) in [5, 5.41) is 9.32. The molecule has 106 valence electrons. The summed E-state index contributed by atoms with van der Waals surface area (Å²) in [5.74, 6) is -2.39. The highest BCUT2D eigenvalue weighted by atomic mass is 79.9. The molecule has 4 nitrogen and oxygen atoms in total. The predicted octanol–water partition coefficient (Wildman–Crippen LogP) is 2.72. The Balaban J connectivity index is 2.02. The molecule has 2 fully saturated rings. The Labute approximate surface area is 123 Å². The van der Waals surface area contributed by atoms with Crippen LogP contribution in [0, 0.1) is 11.7 Å². The van der Waals surface area contributed by atoms with Gasteiger partial charge >= 0.3 is 5.97 Å². The first-order valence-corrected chi connectivity index (χ1v) is 7.27. The van der Waals surface area contributed by atoms with E-state index >= 15 is 0 Å². The van der Waals surface area contributed by atoms with Crippen molar-refractivity contribution < 1.29 is 19.1 Å². The van der Waals surface area contributed by atoms with Gasteiger partial charge in [0, 0.05) is 12.5 Å². The fraction of sp³-hybridized carbons (Fsp3) is 0.429. The van der Waals surface area contributed by atoms with E-state index in [9.17, 15) is 19.1 Å². The van der Waals surface area contributed by atoms with Crippen molar-refractivity contribution in [3.05, 3.63) is 34.1 Å². The Hall–Kier alpha value is -1.43. The summed E-state index contributed by atoms with van der Waals surface area (Å²) in [5.41, 5.74) is 0.552. The standard InChI is InChI=1S/C14H13BrFNO3/c15-10-4-1-7(5-11(10)16)13-9(14(19)20)6-12(18)17(13)8-2-3-8/h1,4-5,8-9,13H,2-3,6H2,(H,19,20). The molecule has 1 saturated carbocycles. The zero-order valence-electron chi connectivity index (χ0n) is 10.6. The minimum atomic E-state index is -1.00. The van der Waals surface area contributed by atoms with Crippen molar-refractivity contribution >= 4 is 27.8 Å². The topological polar surface area (TPSA) is 57.6 Å². The second-order valence-electron chi connectivity index (χ2n) is 5.30. The Bertz CT molecular complexity index is 588. The Morgan fingerprint density at radius 3 is 2.65 bits per heavy atom. The van der Waals surface area contributed by atoms with Gasteiger partial charge < -0.3 is 10.0 Å². The van der Waals surface area contributed by atoms with Crippen molar-refractivity contribution in [3.8, 4) is 0 Å². The minimum absolute atomic E-state index is 0.00577. The number of carboxylic acids is 1. The number of rotatable bonds is 3. The van der Waals surface area contributed by atoms with E-state index in [-0.39, 0.29) is 18.4 Å². The van der Waals surface area contributed by atoms with Crippen LogP contribution in [-0.4, -0.2) is 27.9 Å². The van der Waals surface area contributed by atoms with Crippen molar-refractivity contribution in [1.29, 1.82) is 0 Å². The SMILES string of the molecule is O=C(O)C1CC(=O)N(C2CC2)C1c1ccc(Br)c(F)c1. The lowest BCUT2D eigenvalue weighted by Gasteiger charge is -2.27. The summed E-state index contributed by atoms with van der Waals surface area (Å²) in [6.45, 7) is 0. The zero-order valence-corrected chi connectivity index (χ0v) is 12.1. The quantitative estimate of drug-likeness (QED) is 0.919. The number of amides is 1. The number of likely N-dealkylation sites (tertiary alicyclic amines) is 1. The van der Waals surface area contributed by atoms with Crippen LogP contribution in [0.5, 0.6) is 0 Å². The fourth-order valence-corrected chi connectivity index (χ4v) is 3.10. The third-order valence-electron chi connectivity index (χ3n) is 3.91. The maximum Gasteiger partial charge on any atom is 0.309 e. The normalized spacial score (nSPS) is 26.1. The number of carbonyl (C=O) groups excluding carboxylic acids is 1. The molecule has 0 spiro atoms. The Morgan fingerprint density at radius 1 is 1.40 bits per heavy atom. The molecule has 1 heterocycles. The molecule has 1 aromatic rings. The fourth-order valence-electron chi connectivity index (χ4n) is 2.85. The summed E-state index contributed by atoms with van der Waals surface area (Å²) < 4.78 is 14.0. The first-order valence-electron chi connectivity index (χ1n) is 6.48. The molecule has 1 N–H and O–H groups in total. The van der Waals surface area contributed by atoms with Gasteiger partial charge in [0.15, 0.2) is 0 Å². The van der Waals surface area contributed by atoms with Crippen molar-refractivity contribution in [2.75, 3.05) is 0 Å². The third-order valence-corrected chi connectivity index (χ3v) is 4.55. The molecule has 1 aliphatic heterocycles. The third kappa shape index (κ3) is 2.22. The number of nitrogens with zero attached hydrogens (tertiary/aromatic N) is 1. The van der Waals surface area contributed by atoms with Gasteiger partial charge in [-0.05, 0) is 46.5 Å². The first kappa shape index (κ1) is 13.5. The van der Waals surface area contributed by atoms with Crippen LogP contribution in [0.25, 0.3) is 0 Å². The number of benzene rings is 1. The molecule has 2 atom stereocenters. The largest absolute Gasteiger partial charge is 0.481 e. The average Bonchev–Trinajstić information content (AvgIpc) is 3.16. The van der Waals surface area contributed by atoms with Crippen LogP contribution in [0.2, 0.25) is 0 Å². The van der Waals surface area contributed by atoms with Gasteiger partial charge in [0.1, 0.15) is 5.82 Å². The van der Waals surface area contributed by atoms with Crippen molar-refractivity contribution in [1.82, 2.24) is 4.90 Å². The average molecular weight is 342 g/mol. The van der Waals surface area contributed by atoms with Crippen molar-refractivity contribution in [2.24, 2.45) is 5.92 Å². The lowest BCUT2D eigenvalue weighted by atomic mass is 9.93. The number of hydrogen-bond donors (Lipinski definition) is 1. The summed E-state index contributed by atoms with van der Waals surface area (Å²) in [4.78, 5) is 25.1. The number of hydrogen-bond acceptors (Lipinski definition) is 2. The second kappa shape index (κ2) is 4.84. The smallest absolute Gasteiger partial charge is 0.309 e. The molecule has 1 saturated heterocycles. The van der Waals surface area contributed by atoms with E-state index in [4.69, 9.17) is 0 Å². The van der Waals surface area contributed by atoms with Gasteiger partial charge in [-0.2, -0.15) is 0 Å². The first-order chi connectivity index (χ1) is 9.49. The predicted molar refractivity (Wildman–Crippen MR) is 72.5 cm³/mol. The molecule has 6 heteroatoms. The molecule has 0 radical (unpaired) electrons. The van der Waals surface area contributed by atoms with E-state index in [2.05, 4.69) is 15.9 Å². The maximum absolute atomic E-state index is 13.7. The molecule has 3 rings (SSSR count). The summed E-state index contributed by atoms with van der Waals surface area (Å²) >= 11 is 3.08. The number of aliphatic carboxylic acids is 1. The van der Waals surface area contributed by atoms with Crippen molar-refractivity contribution in [3.63, 3.8) is 0 Å². The molecular formula is C14H13BrFNO3. The van der Waals surface area contributed by atoms with Gasteiger partial charge in [0.25, 0.3) is 0 Å². The van der Waals surface area contributed by atoms with E-state index < -0.39 is 23.7 Å². The highest BCUT2D eigenvalue weighted by molar-refractivity contribution is 9.10. The highest BCUT2D eigenvalue weighted by Gasteiger charge is 2.49. The van der Waals surface area contributed by atoms with Crippen LogP contribution in [0.4, 0.5) is 4.39 Å². The lowest BCUT2D eigenvalue weighted by molar-refractivity contribution is -0.142. The summed E-state index contributed by atoms with van der Waals surface area (Å²) in [7, 11) is 0. The molecule has 2 unspecified atom stereocenters. The van der Waals surface area contributed by atoms with Crippen LogP contribution in [-0.2, 0) is 9.59 Å². The minimum Gasteiger partial charge on any atom is -0.481 e. The van der Waals surface area contributed by atoms with Gasteiger partial charge in [-0.15, -0.1) is 0 Å². The van der Waals surface area contributed by atoms with Gasteiger partial charge in [-0.1, -0.05) is 6.07 Å². The van der Waals surface area contributed by atoms with Crippen LogP contribution in [0.3, 0.4) is 0 Å². The van der Waals surface area contributed by atoms with E-state index in [1.165, 1.54) is 6.07 Å². The monoisotopic (exact) mass is 341 g/mol. The summed E-state index contributed by atoms with van der Waals surface area (Å²) in [6.07, 6.45) is 1.79. The Morgan fingerprint density at radius 2 is 2.10 bits per heavy atom. The molecule has 0 aromatic heterocycles. The van der Waals surface area contributed by atoms with Crippen LogP contribution in [0.15, 0.2) is 22.7 Å². The second-order valence-corrected chi connectivity index (χ2v) is 6.15. The molecular weight excluding hydrogens is 329 g/mol. The van der Waals surface area contributed by atoms with Gasteiger partial charge in [-0.3, -0.25) is 9.59 Å². The van der Waals surface area contributed by atoms with Gasteiger partial charge in [0.2, 0.25) is 5.91 Å². The van der Waals surface area contributed by atoms with E-state index in [0.717, 1.165) is 12.8 Å². The van der Waals surface area contributed by atoms with E-state index in [0.29, 0.717) is 10.0 Å². The van der Waals surface area contributed by atoms with Crippen LogP contribution < -0.4 is 0 Å². The zero-order chi connectivity index (χ0) is 14.4. The van der Waals surface area contributed by atoms with Crippen LogP contribution in [0.1, 0.15) is 30.9 Å². The van der Waals surface area contributed by atoms with E-state index in [1.54, 1.807) is 17.0 Å². The molecule has 0 bridgehead atoms. The molecule has 1 amide bonds. The highest BCUT2D eigenvalue weighted by Crippen LogP contribution is 2.45. The van der Waals surface area contributed by atoms with Gasteiger partial charge in [0.05, 0.1) is 16.4 Å². The summed E-state index contributed by atoms with van der Waals surface area (Å²) in [6, 6.07) is 4.11. The molecule has 1 aromatic carbocycles. The maximum atomic E-state index is 13.7. The Kier molecular flexibility index (Phi) is 3.28.